The second-order valence-corrected chi connectivity index (χ2v) is 8.31. The van der Waals surface area contributed by atoms with Gasteiger partial charge in [0.2, 0.25) is 0 Å². The number of nitrogens with zero attached hydrogens (tertiary/aromatic N) is 3. The number of pyridine rings is 1. The molecule has 3 N–H and O–H groups in total. The molecular formula is C22H24FN5O2. The molecule has 1 aliphatic carbocycles. The summed E-state index contributed by atoms with van der Waals surface area (Å²) in [4.78, 5) is 20.0. The third-order valence-corrected chi connectivity index (χ3v) is 6.09. The molecule has 1 saturated carbocycles. The molecule has 0 spiro atoms. The van der Waals surface area contributed by atoms with Crippen molar-refractivity contribution >= 4 is 16.8 Å². The fraction of sp³-hybridized carbons (Fsp3) is 0.409. The number of aromatic nitrogens is 3. The number of Topliss-reactive ketones (excluding diaryl/α,β-unsaturated/α-hetero) is 1. The number of phenols is 1. The summed E-state index contributed by atoms with van der Waals surface area (Å²) in [5, 5.41) is 20.8. The largest absolute Gasteiger partial charge is 0.508 e. The van der Waals surface area contributed by atoms with E-state index in [-0.39, 0.29) is 17.1 Å². The fourth-order valence-electron chi connectivity index (χ4n) is 4.34. The van der Waals surface area contributed by atoms with Crippen LogP contribution in [0.25, 0.3) is 22.3 Å². The zero-order chi connectivity index (χ0) is 20.8. The van der Waals surface area contributed by atoms with Crippen molar-refractivity contribution < 1.29 is 14.3 Å². The average molecular weight is 409 g/mol. The molecule has 1 unspecified atom stereocenters. The van der Waals surface area contributed by atoms with Gasteiger partial charge < -0.3 is 10.4 Å². The second-order valence-electron chi connectivity index (χ2n) is 8.31. The van der Waals surface area contributed by atoms with Crippen LogP contribution in [-0.2, 0) is 0 Å². The van der Waals surface area contributed by atoms with Gasteiger partial charge in [0, 0.05) is 42.9 Å². The molecule has 2 aliphatic rings. The molecule has 8 heteroatoms. The van der Waals surface area contributed by atoms with Crippen LogP contribution in [0.4, 0.5) is 4.39 Å². The van der Waals surface area contributed by atoms with Crippen molar-refractivity contribution in [3.05, 3.63) is 41.3 Å². The van der Waals surface area contributed by atoms with E-state index >= 15 is 0 Å². The van der Waals surface area contributed by atoms with E-state index in [0.717, 1.165) is 31.6 Å². The lowest BCUT2D eigenvalue weighted by molar-refractivity contribution is 0.0901. The van der Waals surface area contributed by atoms with Gasteiger partial charge in [-0.25, -0.2) is 9.37 Å². The summed E-state index contributed by atoms with van der Waals surface area (Å²) in [5.41, 5.74) is 2.21. The number of aryl methyl sites for hydroxylation is 1. The molecule has 7 nitrogen and oxygen atoms in total. The summed E-state index contributed by atoms with van der Waals surface area (Å²) in [6.45, 7) is 4.72. The van der Waals surface area contributed by atoms with Crippen LogP contribution in [0.2, 0.25) is 0 Å². The maximum atomic E-state index is 14.4. The SMILES string of the molecule is Cc1n[nH]c2nc(-c3ccc(O)cc3F)cc(C(=O)CN3CCNC(C4CC4)C3)c12. The fourth-order valence-corrected chi connectivity index (χ4v) is 4.34. The van der Waals surface area contributed by atoms with Gasteiger partial charge in [-0.2, -0.15) is 5.10 Å². The van der Waals surface area contributed by atoms with Crippen LogP contribution in [0.15, 0.2) is 24.3 Å². The maximum Gasteiger partial charge on any atom is 0.177 e. The summed E-state index contributed by atoms with van der Waals surface area (Å²) in [6, 6.07) is 6.01. The molecule has 3 heterocycles. The Morgan fingerprint density at radius 1 is 1.33 bits per heavy atom. The topological polar surface area (TPSA) is 94.1 Å². The van der Waals surface area contributed by atoms with Crippen LogP contribution in [0, 0.1) is 18.7 Å². The molecule has 1 aromatic carbocycles. The van der Waals surface area contributed by atoms with Crippen molar-refractivity contribution in [2.75, 3.05) is 26.2 Å². The summed E-state index contributed by atoms with van der Waals surface area (Å²) < 4.78 is 14.4. The number of rotatable bonds is 5. The molecule has 1 aliphatic heterocycles. The first-order valence-corrected chi connectivity index (χ1v) is 10.3. The number of fused-ring (bicyclic) bond motifs is 1. The second kappa shape index (κ2) is 7.45. The molecule has 0 bridgehead atoms. The van der Waals surface area contributed by atoms with E-state index in [1.54, 1.807) is 6.07 Å². The van der Waals surface area contributed by atoms with E-state index < -0.39 is 5.82 Å². The van der Waals surface area contributed by atoms with E-state index in [1.807, 2.05) is 6.92 Å². The zero-order valence-electron chi connectivity index (χ0n) is 16.8. The summed E-state index contributed by atoms with van der Waals surface area (Å²) in [7, 11) is 0. The number of nitrogens with one attached hydrogen (secondary N) is 2. The molecule has 2 fully saturated rings. The van der Waals surface area contributed by atoms with Crippen molar-refractivity contribution in [2.45, 2.75) is 25.8 Å². The molecule has 0 amide bonds. The van der Waals surface area contributed by atoms with Gasteiger partial charge in [-0.15, -0.1) is 0 Å². The number of piperazine rings is 1. The van der Waals surface area contributed by atoms with Gasteiger partial charge in [-0.3, -0.25) is 14.8 Å². The highest BCUT2D eigenvalue weighted by molar-refractivity contribution is 6.09. The van der Waals surface area contributed by atoms with Crippen LogP contribution in [-0.4, -0.2) is 63.2 Å². The minimum Gasteiger partial charge on any atom is -0.508 e. The number of H-pyrrole nitrogens is 1. The Morgan fingerprint density at radius 2 is 2.17 bits per heavy atom. The molecule has 3 aromatic rings. The Labute approximate surface area is 173 Å². The average Bonchev–Trinajstić information content (AvgIpc) is 3.51. The number of ketones is 1. The molecule has 30 heavy (non-hydrogen) atoms. The van der Waals surface area contributed by atoms with Crippen molar-refractivity contribution in [1.29, 1.82) is 0 Å². The first-order valence-electron chi connectivity index (χ1n) is 10.3. The monoisotopic (exact) mass is 409 g/mol. The van der Waals surface area contributed by atoms with Crippen LogP contribution < -0.4 is 5.32 Å². The predicted molar refractivity (Wildman–Crippen MR) is 111 cm³/mol. The van der Waals surface area contributed by atoms with E-state index in [4.69, 9.17) is 0 Å². The number of benzene rings is 1. The molecular weight excluding hydrogens is 385 g/mol. The number of halogens is 1. The molecule has 1 atom stereocenters. The van der Waals surface area contributed by atoms with Gasteiger partial charge in [0.25, 0.3) is 0 Å². The molecule has 1 saturated heterocycles. The van der Waals surface area contributed by atoms with E-state index in [9.17, 15) is 14.3 Å². The maximum absolute atomic E-state index is 14.4. The van der Waals surface area contributed by atoms with Gasteiger partial charge in [0.15, 0.2) is 11.4 Å². The van der Waals surface area contributed by atoms with Gasteiger partial charge in [-0.05, 0) is 43.9 Å². The van der Waals surface area contributed by atoms with Gasteiger partial charge >= 0.3 is 0 Å². The Hall–Kier alpha value is -2.84. The number of carbonyl (C=O) groups excluding carboxylic acids is 1. The summed E-state index contributed by atoms with van der Waals surface area (Å²) in [5.74, 6) is -0.0414. The van der Waals surface area contributed by atoms with Crippen molar-refractivity contribution in [1.82, 2.24) is 25.4 Å². The molecule has 5 rings (SSSR count). The Kier molecular flexibility index (Phi) is 4.75. The number of aromatic amines is 1. The zero-order valence-corrected chi connectivity index (χ0v) is 16.8. The van der Waals surface area contributed by atoms with Gasteiger partial charge in [0.1, 0.15) is 11.6 Å². The minimum atomic E-state index is -0.592. The van der Waals surface area contributed by atoms with Crippen molar-refractivity contribution in [2.24, 2.45) is 5.92 Å². The lowest BCUT2D eigenvalue weighted by atomic mass is 10.0. The van der Waals surface area contributed by atoms with E-state index in [1.165, 1.54) is 25.0 Å². The summed E-state index contributed by atoms with van der Waals surface area (Å²) >= 11 is 0. The third kappa shape index (κ3) is 3.57. The van der Waals surface area contributed by atoms with Crippen LogP contribution in [0.1, 0.15) is 28.9 Å². The number of carbonyl (C=O) groups is 1. The van der Waals surface area contributed by atoms with E-state index in [0.29, 0.717) is 40.6 Å². The Balaban J connectivity index is 1.49. The summed E-state index contributed by atoms with van der Waals surface area (Å²) in [6.07, 6.45) is 2.53. The molecule has 2 aromatic heterocycles. The highest BCUT2D eigenvalue weighted by Gasteiger charge is 2.34. The Bertz CT molecular complexity index is 1120. The number of phenolic OH excluding ortho intramolecular Hbond substituents is 1. The third-order valence-electron chi connectivity index (χ3n) is 6.09. The molecule has 0 radical (unpaired) electrons. The smallest absolute Gasteiger partial charge is 0.177 e. The first-order chi connectivity index (χ1) is 14.5. The number of hydrogen-bond donors (Lipinski definition) is 3. The van der Waals surface area contributed by atoms with Crippen LogP contribution >= 0.6 is 0 Å². The van der Waals surface area contributed by atoms with Crippen molar-refractivity contribution in [3.8, 4) is 17.0 Å². The lowest BCUT2D eigenvalue weighted by Crippen LogP contribution is -2.52. The first kappa shape index (κ1) is 19.1. The highest BCUT2D eigenvalue weighted by atomic mass is 19.1. The number of hydrogen-bond acceptors (Lipinski definition) is 6. The normalized spacial score (nSPS) is 20.0. The molecule has 156 valence electrons. The highest BCUT2D eigenvalue weighted by Crippen LogP contribution is 2.34. The van der Waals surface area contributed by atoms with Crippen LogP contribution in [0.3, 0.4) is 0 Å². The van der Waals surface area contributed by atoms with Crippen molar-refractivity contribution in [3.63, 3.8) is 0 Å². The van der Waals surface area contributed by atoms with E-state index in [2.05, 4.69) is 25.4 Å². The minimum absolute atomic E-state index is 0.0243. The number of aromatic hydroxyl groups is 1. The standard InChI is InChI=1S/C22H24FN5O2/c1-12-21-16(20(30)11-28-7-6-24-19(10-28)13-2-3-13)9-18(25-22(21)27-26-12)15-5-4-14(29)8-17(15)23/h4-5,8-9,13,19,24,29H,2-3,6-7,10-11H2,1H3,(H,25,26,27). The Morgan fingerprint density at radius 3 is 2.93 bits per heavy atom. The van der Waals surface area contributed by atoms with Gasteiger partial charge in [0.05, 0.1) is 23.3 Å². The lowest BCUT2D eigenvalue weighted by Gasteiger charge is -2.33. The van der Waals surface area contributed by atoms with Gasteiger partial charge in [-0.1, -0.05) is 0 Å². The predicted octanol–water partition coefficient (Wildman–Crippen LogP) is 2.64. The van der Waals surface area contributed by atoms with Crippen LogP contribution in [0.5, 0.6) is 5.75 Å². The quantitative estimate of drug-likeness (QED) is 0.561.